The lowest BCUT2D eigenvalue weighted by Gasteiger charge is -2.18. The summed E-state index contributed by atoms with van der Waals surface area (Å²) in [6, 6.07) is 3.61. The number of amides is 1. The van der Waals surface area contributed by atoms with E-state index in [9.17, 15) is 4.79 Å². The van der Waals surface area contributed by atoms with Gasteiger partial charge in [-0.2, -0.15) is 0 Å². The summed E-state index contributed by atoms with van der Waals surface area (Å²) >= 11 is 0. The predicted molar refractivity (Wildman–Crippen MR) is 88.2 cm³/mol. The van der Waals surface area contributed by atoms with Crippen molar-refractivity contribution in [2.24, 2.45) is 13.0 Å². The quantitative estimate of drug-likeness (QED) is 0.798. The van der Waals surface area contributed by atoms with Gasteiger partial charge < -0.3 is 14.6 Å². The number of ether oxygens (including phenoxy) is 1. The summed E-state index contributed by atoms with van der Waals surface area (Å²) in [5.41, 5.74) is 1.51. The third-order valence-electron chi connectivity index (χ3n) is 4.34. The van der Waals surface area contributed by atoms with Gasteiger partial charge in [0, 0.05) is 50.0 Å². The van der Waals surface area contributed by atoms with E-state index in [1.165, 1.54) is 0 Å². The second kappa shape index (κ2) is 6.01. The fraction of sp³-hybridized carbons (Fsp3) is 0.294. The summed E-state index contributed by atoms with van der Waals surface area (Å²) in [6.45, 7) is 0.550. The predicted octanol–water partition coefficient (Wildman–Crippen LogP) is 2.08. The molecule has 4 heterocycles. The Morgan fingerprint density at radius 1 is 1.29 bits per heavy atom. The Morgan fingerprint density at radius 2 is 2.21 bits per heavy atom. The normalized spacial score (nSPS) is 20.4. The second-order valence-electron chi connectivity index (χ2n) is 5.82. The molecule has 2 atom stereocenters. The van der Waals surface area contributed by atoms with Crippen LogP contribution >= 0.6 is 0 Å². The number of pyridine rings is 2. The summed E-state index contributed by atoms with van der Waals surface area (Å²) in [7, 11) is 1.90. The molecule has 4 rings (SSSR count). The first-order valence-electron chi connectivity index (χ1n) is 7.82. The van der Waals surface area contributed by atoms with E-state index in [0.29, 0.717) is 18.7 Å². The number of carbonyl (C=O) groups excluding carboxylic acids is 1. The summed E-state index contributed by atoms with van der Waals surface area (Å²) in [4.78, 5) is 25.5. The number of aryl methyl sites for hydroxylation is 1. The number of rotatable bonds is 3. The van der Waals surface area contributed by atoms with Gasteiger partial charge in [-0.1, -0.05) is 0 Å². The van der Waals surface area contributed by atoms with Gasteiger partial charge in [0.1, 0.15) is 11.9 Å². The number of hydrogen-bond donors (Lipinski definition) is 1. The van der Waals surface area contributed by atoms with Gasteiger partial charge in [0.05, 0.1) is 17.1 Å². The highest BCUT2D eigenvalue weighted by Crippen LogP contribution is 2.34. The molecule has 3 aromatic heterocycles. The van der Waals surface area contributed by atoms with E-state index in [1.807, 2.05) is 23.9 Å². The van der Waals surface area contributed by atoms with Crippen LogP contribution in [0.4, 0.5) is 5.69 Å². The number of nitrogens with zero attached hydrogens (tertiary/aromatic N) is 4. The summed E-state index contributed by atoms with van der Waals surface area (Å²) < 4.78 is 7.66. The Bertz CT molecular complexity index is 886. The van der Waals surface area contributed by atoms with E-state index in [2.05, 4.69) is 20.3 Å². The molecule has 0 unspecified atom stereocenters. The molecule has 7 nitrogen and oxygen atoms in total. The van der Waals surface area contributed by atoms with Gasteiger partial charge in [0.15, 0.2) is 0 Å². The number of anilines is 1. The minimum absolute atomic E-state index is 0.0724. The van der Waals surface area contributed by atoms with Crippen molar-refractivity contribution in [3.63, 3.8) is 0 Å². The van der Waals surface area contributed by atoms with Crippen LogP contribution in [-0.2, 0) is 16.6 Å². The molecular weight excluding hydrogens is 306 g/mol. The lowest BCUT2D eigenvalue weighted by atomic mass is 9.99. The van der Waals surface area contributed by atoms with Crippen LogP contribution in [0, 0.1) is 5.92 Å². The molecule has 0 aliphatic carbocycles. The van der Waals surface area contributed by atoms with Crippen molar-refractivity contribution in [1.29, 1.82) is 0 Å². The first-order chi connectivity index (χ1) is 11.7. The lowest BCUT2D eigenvalue weighted by molar-refractivity contribution is -0.121. The monoisotopic (exact) mass is 323 g/mol. The molecular formula is C17H17N5O2. The smallest absolute Gasteiger partial charge is 0.230 e. The fourth-order valence-electron chi connectivity index (χ4n) is 3.09. The topological polar surface area (TPSA) is 81.9 Å². The van der Waals surface area contributed by atoms with E-state index < -0.39 is 0 Å². The maximum atomic E-state index is 12.8. The molecule has 0 aromatic carbocycles. The maximum Gasteiger partial charge on any atom is 0.230 e. The van der Waals surface area contributed by atoms with E-state index in [4.69, 9.17) is 4.74 Å². The zero-order valence-corrected chi connectivity index (χ0v) is 13.2. The molecule has 1 saturated heterocycles. The number of carbonyl (C=O) groups is 1. The zero-order chi connectivity index (χ0) is 16.5. The first-order valence-corrected chi connectivity index (χ1v) is 7.82. The van der Waals surface area contributed by atoms with Crippen LogP contribution < -0.4 is 5.32 Å². The van der Waals surface area contributed by atoms with Crippen molar-refractivity contribution in [2.75, 3.05) is 11.9 Å². The molecule has 3 aromatic rings. The number of nitrogens with one attached hydrogen (secondary N) is 1. The molecule has 1 aliphatic rings. The molecule has 1 fully saturated rings. The Hall–Kier alpha value is -2.80. The Balaban J connectivity index is 1.60. The van der Waals surface area contributed by atoms with Crippen LogP contribution in [0.25, 0.3) is 10.9 Å². The van der Waals surface area contributed by atoms with Crippen LogP contribution in [0.2, 0.25) is 0 Å². The van der Waals surface area contributed by atoms with Crippen LogP contribution in [0.3, 0.4) is 0 Å². The molecule has 1 amide bonds. The van der Waals surface area contributed by atoms with Crippen LogP contribution in [0.1, 0.15) is 18.3 Å². The molecule has 0 radical (unpaired) electrons. The molecule has 0 saturated carbocycles. The van der Waals surface area contributed by atoms with Crippen LogP contribution in [0.15, 0.2) is 43.1 Å². The van der Waals surface area contributed by atoms with Crippen molar-refractivity contribution in [1.82, 2.24) is 19.5 Å². The van der Waals surface area contributed by atoms with E-state index in [-0.39, 0.29) is 17.9 Å². The van der Waals surface area contributed by atoms with Crippen molar-refractivity contribution in [3.05, 3.63) is 48.9 Å². The molecule has 0 spiro atoms. The van der Waals surface area contributed by atoms with E-state index in [1.54, 1.807) is 30.9 Å². The number of aromatic nitrogens is 4. The third-order valence-corrected chi connectivity index (χ3v) is 4.34. The van der Waals surface area contributed by atoms with Crippen molar-refractivity contribution < 1.29 is 9.53 Å². The minimum atomic E-state index is -0.323. The highest BCUT2D eigenvalue weighted by molar-refractivity contribution is 6.01. The minimum Gasteiger partial charge on any atom is -0.369 e. The van der Waals surface area contributed by atoms with E-state index >= 15 is 0 Å². The van der Waals surface area contributed by atoms with Gasteiger partial charge in [-0.3, -0.25) is 14.8 Å². The first kappa shape index (κ1) is 14.8. The molecule has 1 N–H and O–H groups in total. The van der Waals surface area contributed by atoms with Gasteiger partial charge in [-0.25, -0.2) is 4.98 Å². The van der Waals surface area contributed by atoms with Gasteiger partial charge in [-0.15, -0.1) is 0 Å². The Labute approximate surface area is 138 Å². The average molecular weight is 323 g/mol. The van der Waals surface area contributed by atoms with Gasteiger partial charge in [-0.05, 0) is 18.6 Å². The van der Waals surface area contributed by atoms with Crippen molar-refractivity contribution >= 4 is 22.5 Å². The fourth-order valence-corrected chi connectivity index (χ4v) is 3.09. The van der Waals surface area contributed by atoms with Gasteiger partial charge in [0.2, 0.25) is 5.91 Å². The maximum absolute atomic E-state index is 12.8. The lowest BCUT2D eigenvalue weighted by Crippen LogP contribution is -2.26. The number of imidazole rings is 1. The van der Waals surface area contributed by atoms with Crippen molar-refractivity contribution in [3.8, 4) is 0 Å². The van der Waals surface area contributed by atoms with E-state index in [0.717, 1.165) is 16.7 Å². The highest BCUT2D eigenvalue weighted by atomic mass is 16.5. The summed E-state index contributed by atoms with van der Waals surface area (Å²) in [5, 5.41) is 3.82. The molecule has 122 valence electrons. The summed E-state index contributed by atoms with van der Waals surface area (Å²) in [6.07, 6.45) is 8.99. The average Bonchev–Trinajstić information content (AvgIpc) is 3.23. The standard InChI is InChI=1S/C17H17N5O2/c1-22-8-7-20-16(22)15-11(4-9-24-15)17(23)21-14-3-6-19-13-2-5-18-10-12(13)14/h2-3,5-8,10-11,15H,4,9H2,1H3,(H,19,21,23)/t11-,15-/m1/s1. The van der Waals surface area contributed by atoms with Gasteiger partial charge >= 0.3 is 0 Å². The molecule has 1 aliphatic heterocycles. The highest BCUT2D eigenvalue weighted by Gasteiger charge is 2.37. The number of hydrogen-bond acceptors (Lipinski definition) is 5. The van der Waals surface area contributed by atoms with Crippen LogP contribution in [0.5, 0.6) is 0 Å². The SMILES string of the molecule is Cn1ccnc1[C@@H]1OCC[C@H]1C(=O)Nc1ccnc2ccncc12. The van der Waals surface area contributed by atoms with Crippen molar-refractivity contribution in [2.45, 2.75) is 12.5 Å². The Kier molecular flexibility index (Phi) is 3.70. The second-order valence-corrected chi connectivity index (χ2v) is 5.82. The zero-order valence-electron chi connectivity index (χ0n) is 13.2. The summed E-state index contributed by atoms with van der Waals surface area (Å²) in [5.74, 6) is 0.428. The number of fused-ring (bicyclic) bond motifs is 1. The third kappa shape index (κ3) is 2.52. The Morgan fingerprint density at radius 3 is 3.04 bits per heavy atom. The molecule has 0 bridgehead atoms. The molecule has 7 heteroatoms. The molecule has 24 heavy (non-hydrogen) atoms. The van der Waals surface area contributed by atoms with Gasteiger partial charge in [0.25, 0.3) is 0 Å². The van der Waals surface area contributed by atoms with Crippen LogP contribution in [-0.4, -0.2) is 32.0 Å². The largest absolute Gasteiger partial charge is 0.369 e.